The highest BCUT2D eigenvalue weighted by Gasteiger charge is 2.49. The van der Waals surface area contributed by atoms with Crippen molar-refractivity contribution in [2.45, 2.75) is 131 Å². The molecule has 16 rings (SSSR count). The Hall–Kier alpha value is -11.4. The second-order valence-corrected chi connectivity index (χ2v) is 42.6. The number of fused-ring (bicyclic) bond motifs is 6. The molecule has 0 spiro atoms. The molecule has 0 fully saturated rings. The summed E-state index contributed by atoms with van der Waals surface area (Å²) in [7, 11) is -4.54. The van der Waals surface area contributed by atoms with E-state index in [9.17, 15) is 0 Å². The molecule has 0 N–H and O–H groups in total. The fourth-order valence-corrected chi connectivity index (χ4v) is 26.5. The van der Waals surface area contributed by atoms with Crippen LogP contribution in [0.4, 0.5) is 0 Å². The molecule has 0 aliphatic carbocycles. The minimum absolute atomic E-state index is 0.0618. The van der Waals surface area contributed by atoms with Crippen molar-refractivity contribution < 1.29 is 0 Å². The van der Waals surface area contributed by atoms with Gasteiger partial charge in [0.2, 0.25) is 0 Å². The van der Waals surface area contributed by atoms with Gasteiger partial charge >= 0.3 is 0 Å². The summed E-state index contributed by atoms with van der Waals surface area (Å²) in [5, 5.41) is 24.4. The molecule has 0 atom stereocenters. The number of nitrogens with zero attached hydrogens (tertiary/aromatic N) is 3. The van der Waals surface area contributed by atoms with Gasteiger partial charge in [-0.25, -0.2) is 0 Å². The summed E-state index contributed by atoms with van der Waals surface area (Å²) in [4.78, 5) is 0. The van der Waals surface area contributed by atoms with Crippen LogP contribution in [0.25, 0.3) is 55.0 Å². The molecule has 110 heavy (non-hydrogen) atoms. The SMILES string of the molecule is CC(C)(C)[Si](c1ccccc1)(c1ccccc1)c1ccccc1.CC(C)(C)c1ccc(-n2c3ccccc3c3ccccc32)cc1.CC(C)(C)c1cccc(-n2c3ccccc3c3ccccc32)c1.CC(C)(C)c1cccc([Si](c2ccccc2)(c2ccccc2)c2ccccc2)c1.CC(C)(C)c1ccccc1C#N. The van der Waals surface area contributed by atoms with E-state index in [4.69, 9.17) is 5.26 Å². The average molecular weight is 1470 g/mol. The maximum absolute atomic E-state index is 8.83. The molecule has 0 aliphatic rings. The van der Waals surface area contributed by atoms with Gasteiger partial charge in [-0.3, -0.25) is 0 Å². The standard InChI is InChI=1S/C28H28Si.2C22H21N.C22H24Si.C11H13N/c1-28(2,3)23-14-13-21-27(22-23)29(24-15-7-4-8-16-24,25-17-9-5-10-18-25)26-19-11-6-12-20-26;1-22(2,3)16-9-8-10-17(15-16)23-20-13-6-4-11-18(20)19-12-5-7-14-21(19)23;1-22(2,3)16-12-14-17(15-13-16)23-20-10-6-4-8-18(20)19-9-5-7-11-21(19)23;1-22(2,3)23(19-13-7-4-8-14-19,20-15-9-5-10-16-20)21-17-11-6-12-18-21;1-11(2,3)10-7-5-4-6-9(10)8-12/h4-22H,1-3H3;2*4-15H,1-3H3;4-18H,1-3H3;4-7H,1-3H3. The highest BCUT2D eigenvalue weighted by molar-refractivity contribution is 7.20. The minimum atomic E-state index is -2.41. The molecule has 5 heteroatoms. The van der Waals surface area contributed by atoms with Crippen LogP contribution in [0.3, 0.4) is 0 Å². The van der Waals surface area contributed by atoms with Gasteiger partial charge in [-0.1, -0.05) is 425 Å². The predicted octanol–water partition coefficient (Wildman–Crippen LogP) is 23.3. The Bertz CT molecular complexity index is 5420. The minimum Gasteiger partial charge on any atom is -0.309 e. The molecule has 0 radical (unpaired) electrons. The van der Waals surface area contributed by atoms with E-state index in [1.165, 1.54) is 108 Å². The van der Waals surface area contributed by atoms with E-state index in [0.717, 1.165) is 11.1 Å². The van der Waals surface area contributed by atoms with Gasteiger partial charge in [0, 0.05) is 32.9 Å². The highest BCUT2D eigenvalue weighted by atomic mass is 28.3. The number of rotatable bonds is 9. The van der Waals surface area contributed by atoms with Crippen molar-refractivity contribution in [2.75, 3.05) is 0 Å². The third-order valence-electron chi connectivity index (χ3n) is 21.5. The first kappa shape index (κ1) is 78.2. The molecule has 2 aromatic heterocycles. The zero-order valence-electron chi connectivity index (χ0n) is 67.1. The van der Waals surface area contributed by atoms with Crippen molar-refractivity contribution in [3.63, 3.8) is 0 Å². The largest absolute Gasteiger partial charge is 0.309 e. The number of nitriles is 1. The van der Waals surface area contributed by atoms with Crippen LogP contribution in [0.1, 0.15) is 132 Å². The molecule has 0 saturated carbocycles. The average Bonchev–Trinajstić information content (AvgIpc) is 1.17. The summed E-state index contributed by atoms with van der Waals surface area (Å²) < 4.78 is 4.73. The Labute approximate surface area is 657 Å². The van der Waals surface area contributed by atoms with Gasteiger partial charge in [-0.05, 0) is 140 Å². The molecule has 2 heterocycles. The summed E-state index contributed by atoms with van der Waals surface area (Å²) in [5.74, 6) is 0. The fraction of sp³-hybridized carbons (Fsp3) is 0.190. The van der Waals surface area contributed by atoms with E-state index < -0.39 is 16.1 Å². The first-order valence-electron chi connectivity index (χ1n) is 38.9. The molecule has 0 amide bonds. The maximum Gasteiger partial charge on any atom is 0.179 e. The summed E-state index contributed by atoms with van der Waals surface area (Å²) in [5.41, 5.74) is 14.0. The lowest BCUT2D eigenvalue weighted by atomic mass is 9.84. The molecule has 0 bridgehead atoms. The number of benzene rings is 14. The quantitative estimate of drug-likeness (QED) is 0.105. The van der Waals surface area contributed by atoms with Crippen molar-refractivity contribution in [1.82, 2.24) is 9.13 Å². The third kappa shape index (κ3) is 16.6. The van der Waals surface area contributed by atoms with Crippen LogP contribution in [0.15, 0.2) is 376 Å². The van der Waals surface area contributed by atoms with E-state index in [-0.39, 0.29) is 26.7 Å². The molecule has 16 aromatic rings. The van der Waals surface area contributed by atoms with E-state index in [1.807, 2.05) is 24.3 Å². The van der Waals surface area contributed by atoms with Crippen LogP contribution in [-0.4, -0.2) is 25.3 Å². The van der Waals surface area contributed by atoms with Gasteiger partial charge < -0.3 is 9.13 Å². The summed E-state index contributed by atoms with van der Waals surface area (Å²) in [6, 6.07) is 138. The van der Waals surface area contributed by atoms with E-state index in [0.29, 0.717) is 0 Å². The zero-order chi connectivity index (χ0) is 77.9. The van der Waals surface area contributed by atoms with Crippen LogP contribution >= 0.6 is 0 Å². The van der Waals surface area contributed by atoms with E-state index in [2.05, 4.69) is 471 Å². The lowest BCUT2D eigenvalue weighted by Gasteiger charge is -2.44. The molecule has 14 aromatic carbocycles. The van der Waals surface area contributed by atoms with Gasteiger partial charge in [-0.15, -0.1) is 0 Å². The predicted molar refractivity (Wildman–Crippen MR) is 481 cm³/mol. The van der Waals surface area contributed by atoms with Gasteiger partial charge in [0.25, 0.3) is 0 Å². The van der Waals surface area contributed by atoms with Crippen LogP contribution in [0.5, 0.6) is 0 Å². The van der Waals surface area contributed by atoms with Crippen LogP contribution < -0.4 is 36.3 Å². The zero-order valence-corrected chi connectivity index (χ0v) is 69.1. The second-order valence-electron chi connectivity index (χ2n) is 34.0. The topological polar surface area (TPSA) is 33.6 Å². The normalized spacial score (nSPS) is 11.9. The molecule has 3 nitrogen and oxygen atoms in total. The molecular weight excluding hydrogens is 1360 g/mol. The van der Waals surface area contributed by atoms with Crippen molar-refractivity contribution in [1.29, 1.82) is 5.26 Å². The Morgan fingerprint density at radius 2 is 0.527 bits per heavy atom. The molecular formula is C105H107N3Si2. The summed E-state index contributed by atoms with van der Waals surface area (Å²) >= 11 is 0. The van der Waals surface area contributed by atoms with Gasteiger partial charge in [0.15, 0.2) is 16.1 Å². The van der Waals surface area contributed by atoms with Crippen molar-refractivity contribution >= 4 is 96.1 Å². The molecule has 550 valence electrons. The second kappa shape index (κ2) is 33.2. The summed E-state index contributed by atoms with van der Waals surface area (Å²) in [6.07, 6.45) is 0. The van der Waals surface area contributed by atoms with Crippen LogP contribution in [0, 0.1) is 11.3 Å². The van der Waals surface area contributed by atoms with Crippen molar-refractivity contribution in [3.8, 4) is 17.4 Å². The first-order chi connectivity index (χ1) is 52.8. The number of hydrogen-bond donors (Lipinski definition) is 0. The number of hydrogen-bond acceptors (Lipinski definition) is 1. The summed E-state index contributed by atoms with van der Waals surface area (Å²) in [6.45, 7) is 34.0. The maximum atomic E-state index is 8.83. The lowest BCUT2D eigenvalue weighted by molar-refractivity contribution is 0.588. The Balaban J connectivity index is 0.000000131. The van der Waals surface area contributed by atoms with E-state index >= 15 is 0 Å². The smallest absolute Gasteiger partial charge is 0.179 e. The fourth-order valence-electron chi connectivity index (χ4n) is 16.0. The first-order valence-corrected chi connectivity index (χ1v) is 42.9. The number of para-hydroxylation sites is 4. The monoisotopic (exact) mass is 1470 g/mol. The molecule has 0 aliphatic heterocycles. The van der Waals surface area contributed by atoms with Crippen LogP contribution in [-0.2, 0) is 21.7 Å². The lowest BCUT2D eigenvalue weighted by Crippen LogP contribution is -2.74. The third-order valence-corrected chi connectivity index (χ3v) is 32.1. The molecule has 0 unspecified atom stereocenters. The highest BCUT2D eigenvalue weighted by Crippen LogP contribution is 2.38. The van der Waals surface area contributed by atoms with Crippen molar-refractivity contribution in [2.24, 2.45) is 0 Å². The van der Waals surface area contributed by atoms with Crippen molar-refractivity contribution in [3.05, 3.63) is 404 Å². The Kier molecular flexibility index (Phi) is 23.6. The Morgan fingerprint density at radius 3 is 0.855 bits per heavy atom. The van der Waals surface area contributed by atoms with E-state index in [1.54, 1.807) is 0 Å². The van der Waals surface area contributed by atoms with Gasteiger partial charge in [-0.2, -0.15) is 5.26 Å². The number of aromatic nitrogens is 2. The molecule has 0 saturated heterocycles. The van der Waals surface area contributed by atoms with Gasteiger partial charge in [0.05, 0.1) is 33.7 Å². The van der Waals surface area contributed by atoms with Crippen LogP contribution in [0.2, 0.25) is 5.04 Å². The van der Waals surface area contributed by atoms with Gasteiger partial charge in [0.1, 0.15) is 0 Å². The Morgan fingerprint density at radius 1 is 0.236 bits per heavy atom.